The number of nitrogens with zero attached hydrogens (tertiary/aromatic N) is 2. The lowest BCUT2D eigenvalue weighted by Crippen LogP contribution is -2.05. The molecule has 1 fully saturated rings. The molecule has 26 heavy (non-hydrogen) atoms. The van der Waals surface area contributed by atoms with Gasteiger partial charge in [0, 0.05) is 11.8 Å². The van der Waals surface area contributed by atoms with Crippen molar-refractivity contribution >= 4 is 5.78 Å². The Balaban J connectivity index is 1.32. The van der Waals surface area contributed by atoms with Crippen molar-refractivity contribution in [3.05, 3.63) is 89.5 Å². The highest BCUT2D eigenvalue weighted by atomic mass is 16.5. The number of ether oxygens (including phenoxy) is 1. The highest BCUT2D eigenvalue weighted by Gasteiger charge is 2.22. The van der Waals surface area contributed by atoms with Crippen molar-refractivity contribution < 1.29 is 9.53 Å². The van der Waals surface area contributed by atoms with Crippen molar-refractivity contribution in [1.82, 2.24) is 9.97 Å². The highest BCUT2D eigenvalue weighted by Crippen LogP contribution is 2.39. The van der Waals surface area contributed by atoms with Gasteiger partial charge in [-0.3, -0.25) is 4.79 Å². The zero-order chi connectivity index (χ0) is 17.8. The molecular formula is C22H20N2O2. The molecule has 1 aromatic heterocycles. The molecule has 0 saturated heterocycles. The molecule has 3 aromatic rings. The molecule has 0 atom stereocenters. The van der Waals surface area contributed by atoms with E-state index in [0.29, 0.717) is 12.2 Å². The minimum Gasteiger partial charge on any atom is -0.489 e. The van der Waals surface area contributed by atoms with E-state index >= 15 is 0 Å². The lowest BCUT2D eigenvalue weighted by atomic mass is 10.1. The fraction of sp³-hybridized carbons (Fsp3) is 0.227. The van der Waals surface area contributed by atoms with Crippen LogP contribution < -0.4 is 4.74 Å². The Labute approximate surface area is 152 Å². The van der Waals surface area contributed by atoms with Crippen LogP contribution in [0.2, 0.25) is 0 Å². The summed E-state index contributed by atoms with van der Waals surface area (Å²) in [5, 5.41) is 0. The molecule has 4 heteroatoms. The van der Waals surface area contributed by atoms with Gasteiger partial charge in [-0.25, -0.2) is 9.97 Å². The lowest BCUT2D eigenvalue weighted by molar-refractivity contribution is 0.0992. The Kier molecular flexibility index (Phi) is 4.73. The minimum absolute atomic E-state index is 0.0333. The number of benzene rings is 2. The summed E-state index contributed by atoms with van der Waals surface area (Å²) in [5.41, 5.74) is 3.96. The van der Waals surface area contributed by atoms with Crippen molar-refractivity contribution in [1.29, 1.82) is 0 Å². The summed E-state index contributed by atoms with van der Waals surface area (Å²) in [6.07, 6.45) is 6.01. The van der Waals surface area contributed by atoms with E-state index in [1.54, 1.807) is 24.4 Å². The molecule has 0 N–H and O–H groups in total. The van der Waals surface area contributed by atoms with Crippen LogP contribution in [0.1, 0.15) is 45.9 Å². The van der Waals surface area contributed by atoms with E-state index in [1.165, 1.54) is 24.7 Å². The van der Waals surface area contributed by atoms with Crippen molar-refractivity contribution in [2.45, 2.75) is 31.8 Å². The molecule has 0 amide bonds. The SMILES string of the molecule is O=C(Cc1ccncn1)c1ccc(OCc2ccc(C3CC3)cc2)cc1. The van der Waals surface area contributed by atoms with Gasteiger partial charge in [-0.05, 0) is 60.2 Å². The Morgan fingerprint density at radius 1 is 1.00 bits per heavy atom. The van der Waals surface area contributed by atoms with E-state index in [-0.39, 0.29) is 12.2 Å². The summed E-state index contributed by atoms with van der Waals surface area (Å²) in [4.78, 5) is 20.2. The number of carbonyl (C=O) groups excluding carboxylic acids is 1. The van der Waals surface area contributed by atoms with Gasteiger partial charge in [0.2, 0.25) is 0 Å². The van der Waals surface area contributed by atoms with Gasteiger partial charge in [-0.2, -0.15) is 0 Å². The van der Waals surface area contributed by atoms with E-state index in [1.807, 2.05) is 12.1 Å². The van der Waals surface area contributed by atoms with Crippen molar-refractivity contribution in [3.8, 4) is 5.75 Å². The first-order chi connectivity index (χ1) is 12.8. The third kappa shape index (κ3) is 4.14. The van der Waals surface area contributed by atoms with Crippen LogP contribution in [-0.2, 0) is 13.0 Å². The number of aromatic nitrogens is 2. The maximum absolute atomic E-state index is 12.3. The molecular weight excluding hydrogens is 324 g/mol. The number of rotatable bonds is 7. The summed E-state index contributed by atoms with van der Waals surface area (Å²) >= 11 is 0. The molecule has 1 heterocycles. The van der Waals surface area contributed by atoms with E-state index in [9.17, 15) is 4.79 Å². The van der Waals surface area contributed by atoms with Crippen LogP contribution in [0, 0.1) is 0 Å². The second kappa shape index (κ2) is 7.48. The maximum atomic E-state index is 12.3. The van der Waals surface area contributed by atoms with Gasteiger partial charge in [0.25, 0.3) is 0 Å². The minimum atomic E-state index is 0.0333. The van der Waals surface area contributed by atoms with E-state index < -0.39 is 0 Å². The summed E-state index contributed by atoms with van der Waals surface area (Å²) in [7, 11) is 0. The summed E-state index contributed by atoms with van der Waals surface area (Å²) < 4.78 is 5.83. The molecule has 2 aromatic carbocycles. The largest absolute Gasteiger partial charge is 0.489 e. The molecule has 130 valence electrons. The predicted octanol–water partition coefficient (Wildman–Crippen LogP) is 4.36. The second-order valence-corrected chi connectivity index (χ2v) is 6.63. The van der Waals surface area contributed by atoms with E-state index in [4.69, 9.17) is 4.74 Å². The van der Waals surface area contributed by atoms with Gasteiger partial charge in [0.05, 0.1) is 12.1 Å². The van der Waals surface area contributed by atoms with E-state index in [2.05, 4.69) is 34.2 Å². The number of hydrogen-bond donors (Lipinski definition) is 0. The molecule has 1 saturated carbocycles. The second-order valence-electron chi connectivity index (χ2n) is 6.63. The van der Waals surface area contributed by atoms with Crippen LogP contribution in [0.25, 0.3) is 0 Å². The van der Waals surface area contributed by atoms with E-state index in [0.717, 1.165) is 22.9 Å². The fourth-order valence-electron chi connectivity index (χ4n) is 2.90. The molecule has 1 aliphatic rings. The quantitative estimate of drug-likeness (QED) is 0.598. The van der Waals surface area contributed by atoms with Crippen molar-refractivity contribution in [2.75, 3.05) is 0 Å². The number of hydrogen-bond acceptors (Lipinski definition) is 4. The third-order valence-corrected chi connectivity index (χ3v) is 4.60. The van der Waals surface area contributed by atoms with Crippen molar-refractivity contribution in [3.63, 3.8) is 0 Å². The zero-order valence-corrected chi connectivity index (χ0v) is 14.5. The first-order valence-corrected chi connectivity index (χ1v) is 8.88. The topological polar surface area (TPSA) is 52.1 Å². The van der Waals surface area contributed by atoms with Gasteiger partial charge in [-0.1, -0.05) is 24.3 Å². The zero-order valence-electron chi connectivity index (χ0n) is 14.5. The first-order valence-electron chi connectivity index (χ1n) is 8.88. The maximum Gasteiger partial charge on any atom is 0.168 e. The molecule has 0 aliphatic heterocycles. The predicted molar refractivity (Wildman–Crippen MR) is 99.3 cm³/mol. The summed E-state index contributed by atoms with van der Waals surface area (Å²) in [5.74, 6) is 1.57. The highest BCUT2D eigenvalue weighted by molar-refractivity contribution is 5.97. The Hall–Kier alpha value is -3.01. The Morgan fingerprint density at radius 2 is 1.77 bits per heavy atom. The molecule has 4 rings (SSSR count). The number of Topliss-reactive ketones (excluding diaryl/α,β-unsaturated/α-hetero) is 1. The number of ketones is 1. The number of carbonyl (C=O) groups is 1. The van der Waals surface area contributed by atoms with Crippen LogP contribution in [-0.4, -0.2) is 15.8 Å². The molecule has 0 radical (unpaired) electrons. The summed E-state index contributed by atoms with van der Waals surface area (Å²) in [6, 6.07) is 17.7. The van der Waals surface area contributed by atoms with Gasteiger partial charge in [0.15, 0.2) is 5.78 Å². The molecule has 0 unspecified atom stereocenters. The van der Waals surface area contributed by atoms with Crippen LogP contribution in [0.4, 0.5) is 0 Å². The van der Waals surface area contributed by atoms with Gasteiger partial charge in [-0.15, -0.1) is 0 Å². The molecule has 1 aliphatic carbocycles. The van der Waals surface area contributed by atoms with Crippen molar-refractivity contribution in [2.24, 2.45) is 0 Å². The smallest absolute Gasteiger partial charge is 0.168 e. The Morgan fingerprint density at radius 3 is 2.42 bits per heavy atom. The Bertz CT molecular complexity index is 870. The molecule has 0 bridgehead atoms. The van der Waals surface area contributed by atoms with Crippen LogP contribution in [0.3, 0.4) is 0 Å². The monoisotopic (exact) mass is 344 g/mol. The van der Waals surface area contributed by atoms with Gasteiger partial charge < -0.3 is 4.74 Å². The lowest BCUT2D eigenvalue weighted by Gasteiger charge is -2.08. The first kappa shape index (κ1) is 16.5. The van der Waals surface area contributed by atoms with Gasteiger partial charge in [0.1, 0.15) is 18.7 Å². The third-order valence-electron chi connectivity index (χ3n) is 4.60. The standard InChI is InChI=1S/C22H20N2O2/c25-22(13-20-11-12-23-15-24-20)19-7-9-21(10-8-19)26-14-16-1-3-17(4-2-16)18-5-6-18/h1-4,7-12,15,18H,5-6,13-14H2. The van der Waals surface area contributed by atoms with Crippen LogP contribution in [0.5, 0.6) is 5.75 Å². The average Bonchev–Trinajstić information content (AvgIpc) is 3.53. The molecule has 4 nitrogen and oxygen atoms in total. The van der Waals surface area contributed by atoms with Gasteiger partial charge >= 0.3 is 0 Å². The fourth-order valence-corrected chi connectivity index (χ4v) is 2.90. The normalized spacial score (nSPS) is 13.4. The summed E-state index contributed by atoms with van der Waals surface area (Å²) in [6.45, 7) is 0.527. The van der Waals surface area contributed by atoms with Crippen LogP contribution in [0.15, 0.2) is 67.1 Å². The van der Waals surface area contributed by atoms with Crippen LogP contribution >= 0.6 is 0 Å². The molecule has 0 spiro atoms. The average molecular weight is 344 g/mol.